The molecule has 0 spiro atoms. The van der Waals surface area contributed by atoms with Gasteiger partial charge in [-0.1, -0.05) is 23.4 Å². The van der Waals surface area contributed by atoms with Gasteiger partial charge in [-0.15, -0.1) is 11.3 Å². The monoisotopic (exact) mass is 261 g/mol. The minimum atomic E-state index is -1.12. The van der Waals surface area contributed by atoms with Gasteiger partial charge < -0.3 is 9.94 Å². The SMILES string of the molecule is CON=C(C=Cc1cc2ccccc2s1)C(=O)O. The van der Waals surface area contributed by atoms with Crippen molar-refractivity contribution in [2.75, 3.05) is 7.11 Å². The van der Waals surface area contributed by atoms with Crippen LogP contribution in [0.15, 0.2) is 41.6 Å². The molecule has 92 valence electrons. The molecule has 0 radical (unpaired) electrons. The van der Waals surface area contributed by atoms with Crippen LogP contribution in [0, 0.1) is 0 Å². The van der Waals surface area contributed by atoms with E-state index >= 15 is 0 Å². The van der Waals surface area contributed by atoms with E-state index in [9.17, 15) is 4.79 Å². The van der Waals surface area contributed by atoms with Crippen molar-refractivity contribution in [3.63, 3.8) is 0 Å². The topological polar surface area (TPSA) is 58.9 Å². The predicted octanol–water partition coefficient (Wildman–Crippen LogP) is 3.00. The molecule has 1 heterocycles. The third-order valence-corrected chi connectivity index (χ3v) is 3.34. The number of oxime groups is 1. The maximum absolute atomic E-state index is 10.8. The number of thiophene rings is 1. The molecule has 0 aliphatic heterocycles. The van der Waals surface area contributed by atoms with E-state index in [0.717, 1.165) is 15.0 Å². The van der Waals surface area contributed by atoms with Crippen LogP contribution in [0.1, 0.15) is 4.88 Å². The number of carboxylic acids is 1. The molecule has 0 unspecified atom stereocenters. The summed E-state index contributed by atoms with van der Waals surface area (Å²) in [5, 5.41) is 13.4. The largest absolute Gasteiger partial charge is 0.476 e. The van der Waals surface area contributed by atoms with E-state index in [2.05, 4.69) is 9.99 Å². The van der Waals surface area contributed by atoms with Gasteiger partial charge in [0.15, 0.2) is 5.71 Å². The molecule has 4 nitrogen and oxygen atoms in total. The van der Waals surface area contributed by atoms with E-state index in [1.54, 1.807) is 17.4 Å². The highest BCUT2D eigenvalue weighted by Gasteiger charge is 2.06. The number of fused-ring (bicyclic) bond motifs is 1. The Kier molecular flexibility index (Phi) is 3.74. The Labute approximate surface area is 108 Å². The van der Waals surface area contributed by atoms with Crippen LogP contribution in [-0.2, 0) is 9.63 Å². The van der Waals surface area contributed by atoms with Crippen molar-refractivity contribution in [2.45, 2.75) is 0 Å². The summed E-state index contributed by atoms with van der Waals surface area (Å²) in [6.07, 6.45) is 3.15. The molecule has 18 heavy (non-hydrogen) atoms. The Morgan fingerprint density at radius 1 is 1.44 bits per heavy atom. The molecular formula is C13H11NO3S. The van der Waals surface area contributed by atoms with Gasteiger partial charge in [-0.3, -0.25) is 0 Å². The van der Waals surface area contributed by atoms with Crippen molar-refractivity contribution in [3.05, 3.63) is 41.3 Å². The summed E-state index contributed by atoms with van der Waals surface area (Å²) < 4.78 is 1.16. The first-order chi connectivity index (χ1) is 8.70. The maximum Gasteiger partial charge on any atom is 0.357 e. The molecule has 2 rings (SSSR count). The summed E-state index contributed by atoms with van der Waals surface area (Å²) in [4.78, 5) is 16.3. The third kappa shape index (κ3) is 2.75. The zero-order valence-corrected chi connectivity index (χ0v) is 10.5. The van der Waals surface area contributed by atoms with Crippen LogP contribution in [0.5, 0.6) is 0 Å². The fraction of sp³-hybridized carbons (Fsp3) is 0.0769. The molecule has 0 saturated carbocycles. The van der Waals surface area contributed by atoms with E-state index in [-0.39, 0.29) is 5.71 Å². The van der Waals surface area contributed by atoms with Crippen LogP contribution in [0.25, 0.3) is 16.2 Å². The Balaban J connectivity index is 2.27. The van der Waals surface area contributed by atoms with Gasteiger partial charge in [0.2, 0.25) is 0 Å². The Morgan fingerprint density at radius 2 is 2.22 bits per heavy atom. The van der Waals surface area contributed by atoms with E-state index in [1.165, 1.54) is 13.2 Å². The van der Waals surface area contributed by atoms with Gasteiger partial charge >= 0.3 is 5.97 Å². The molecule has 2 aromatic rings. The number of rotatable bonds is 4. The number of hydrogen-bond donors (Lipinski definition) is 1. The van der Waals surface area contributed by atoms with Gasteiger partial charge in [0.25, 0.3) is 0 Å². The van der Waals surface area contributed by atoms with Gasteiger partial charge in [-0.25, -0.2) is 4.79 Å². The van der Waals surface area contributed by atoms with Gasteiger partial charge in [-0.05, 0) is 29.7 Å². The molecular weight excluding hydrogens is 250 g/mol. The van der Waals surface area contributed by atoms with Crippen LogP contribution in [0.2, 0.25) is 0 Å². The van der Waals surface area contributed by atoms with Crippen LogP contribution in [-0.4, -0.2) is 23.9 Å². The summed E-state index contributed by atoms with van der Waals surface area (Å²) in [5.74, 6) is -1.12. The Hall–Kier alpha value is -2.14. The average Bonchev–Trinajstić information content (AvgIpc) is 2.76. The minimum absolute atomic E-state index is 0.130. The summed E-state index contributed by atoms with van der Waals surface area (Å²) in [7, 11) is 1.32. The average molecular weight is 261 g/mol. The summed E-state index contributed by atoms with van der Waals surface area (Å²) in [5.41, 5.74) is -0.130. The van der Waals surface area contributed by atoms with Crippen LogP contribution >= 0.6 is 11.3 Å². The molecule has 0 fully saturated rings. The van der Waals surface area contributed by atoms with Crippen molar-refractivity contribution >= 4 is 39.2 Å². The van der Waals surface area contributed by atoms with Crippen LogP contribution in [0.4, 0.5) is 0 Å². The van der Waals surface area contributed by atoms with E-state index in [4.69, 9.17) is 5.11 Å². The van der Waals surface area contributed by atoms with Crippen molar-refractivity contribution in [2.24, 2.45) is 5.16 Å². The quantitative estimate of drug-likeness (QED) is 0.680. The number of carbonyl (C=O) groups is 1. The zero-order valence-electron chi connectivity index (χ0n) is 9.66. The third-order valence-electron chi connectivity index (χ3n) is 2.26. The first-order valence-corrected chi connectivity index (χ1v) is 6.03. The molecule has 0 aliphatic carbocycles. The molecule has 1 aromatic carbocycles. The lowest BCUT2D eigenvalue weighted by Crippen LogP contribution is -2.09. The normalized spacial score (nSPS) is 12.2. The standard InChI is InChI=1S/C13H11NO3S/c1-17-14-11(13(15)16)7-6-10-8-9-4-2-3-5-12(9)18-10/h2-8H,1H3,(H,15,16). The zero-order chi connectivity index (χ0) is 13.0. The number of carboxylic acid groups (broad SMARTS) is 1. The molecule has 1 aromatic heterocycles. The molecule has 0 saturated heterocycles. The second-order valence-corrected chi connectivity index (χ2v) is 4.60. The van der Waals surface area contributed by atoms with Crippen LogP contribution < -0.4 is 0 Å². The van der Waals surface area contributed by atoms with Gasteiger partial charge in [0.1, 0.15) is 7.11 Å². The van der Waals surface area contributed by atoms with Crippen molar-refractivity contribution in [1.29, 1.82) is 0 Å². The number of nitrogens with zero attached hydrogens (tertiary/aromatic N) is 1. The first kappa shape index (κ1) is 12.3. The molecule has 0 amide bonds. The van der Waals surface area contributed by atoms with E-state index < -0.39 is 5.97 Å². The van der Waals surface area contributed by atoms with E-state index in [0.29, 0.717) is 0 Å². The maximum atomic E-state index is 10.8. The minimum Gasteiger partial charge on any atom is -0.476 e. The predicted molar refractivity (Wildman–Crippen MR) is 72.9 cm³/mol. The smallest absolute Gasteiger partial charge is 0.357 e. The summed E-state index contributed by atoms with van der Waals surface area (Å²) in [6.45, 7) is 0. The number of hydrogen-bond acceptors (Lipinski definition) is 4. The summed E-state index contributed by atoms with van der Waals surface area (Å²) >= 11 is 1.59. The van der Waals surface area contributed by atoms with Gasteiger partial charge in [-0.2, -0.15) is 0 Å². The molecule has 0 aliphatic rings. The van der Waals surface area contributed by atoms with Gasteiger partial charge in [0.05, 0.1) is 0 Å². The van der Waals surface area contributed by atoms with Gasteiger partial charge in [0, 0.05) is 9.58 Å². The second kappa shape index (κ2) is 5.46. The molecule has 0 bridgehead atoms. The Bertz CT molecular complexity index is 595. The first-order valence-electron chi connectivity index (χ1n) is 5.22. The molecule has 0 atom stereocenters. The number of aliphatic carboxylic acids is 1. The van der Waals surface area contributed by atoms with Crippen molar-refractivity contribution in [3.8, 4) is 0 Å². The van der Waals surface area contributed by atoms with Crippen LogP contribution in [0.3, 0.4) is 0 Å². The lowest BCUT2D eigenvalue weighted by Gasteiger charge is -1.91. The number of benzene rings is 1. The highest BCUT2D eigenvalue weighted by atomic mass is 32.1. The fourth-order valence-corrected chi connectivity index (χ4v) is 2.45. The van der Waals surface area contributed by atoms with E-state index in [1.807, 2.05) is 30.3 Å². The lowest BCUT2D eigenvalue weighted by atomic mass is 10.2. The fourth-order valence-electron chi connectivity index (χ4n) is 1.48. The molecule has 5 heteroatoms. The van der Waals surface area contributed by atoms with Crippen molar-refractivity contribution in [1.82, 2.24) is 0 Å². The highest BCUT2D eigenvalue weighted by Crippen LogP contribution is 2.26. The highest BCUT2D eigenvalue weighted by molar-refractivity contribution is 7.19. The summed E-state index contributed by atoms with van der Waals surface area (Å²) in [6, 6.07) is 9.99. The second-order valence-electron chi connectivity index (χ2n) is 3.48. The Morgan fingerprint density at radius 3 is 2.89 bits per heavy atom. The van der Waals surface area contributed by atoms with Crippen molar-refractivity contribution < 1.29 is 14.7 Å². The molecule has 1 N–H and O–H groups in total. The lowest BCUT2D eigenvalue weighted by molar-refractivity contribution is -0.129.